The molecule has 5 nitrogen and oxygen atoms in total. The van der Waals surface area contributed by atoms with Gasteiger partial charge in [-0.3, -0.25) is 0 Å². The standard InChI is InChI=1S/C16H14N4OS/c22-16-19-18-15(12-21-14-9-5-2-6-10-14)20(16)17-11-13-7-3-1-4-8-13/h1-11H,12H2,(H,19,22). The molecule has 6 heteroatoms. The third-order valence-electron chi connectivity index (χ3n) is 2.92. The van der Waals surface area contributed by atoms with E-state index in [1.54, 1.807) is 10.9 Å². The Bertz CT molecular complexity index is 756. The second kappa shape index (κ2) is 6.91. The van der Waals surface area contributed by atoms with Crippen LogP contribution in [0.15, 0.2) is 70.9 Å². The molecule has 0 aliphatic heterocycles. The molecule has 0 fully saturated rings. The highest BCUT2D eigenvalue weighted by Crippen LogP contribution is 2.12. The van der Waals surface area contributed by atoms with E-state index in [2.05, 4.69) is 27.9 Å². The van der Waals surface area contributed by atoms with Crippen molar-refractivity contribution in [2.45, 2.75) is 11.8 Å². The fraction of sp³-hybridized carbons (Fsp3) is 0.0625. The monoisotopic (exact) mass is 310 g/mol. The molecule has 0 amide bonds. The van der Waals surface area contributed by atoms with E-state index in [0.717, 1.165) is 11.3 Å². The SMILES string of the molecule is Sc1nnc(COc2ccccc2)n1N=Cc1ccccc1. The van der Waals surface area contributed by atoms with Gasteiger partial charge in [0.15, 0.2) is 5.82 Å². The Morgan fingerprint density at radius 2 is 1.68 bits per heavy atom. The van der Waals surface area contributed by atoms with Crippen molar-refractivity contribution < 1.29 is 4.74 Å². The molecule has 3 aromatic rings. The van der Waals surface area contributed by atoms with E-state index in [1.165, 1.54) is 0 Å². The molecule has 2 aromatic carbocycles. The number of hydrogen-bond acceptors (Lipinski definition) is 5. The summed E-state index contributed by atoms with van der Waals surface area (Å²) >= 11 is 4.27. The fourth-order valence-electron chi connectivity index (χ4n) is 1.84. The van der Waals surface area contributed by atoms with Crippen LogP contribution >= 0.6 is 12.6 Å². The van der Waals surface area contributed by atoms with Gasteiger partial charge in [0.2, 0.25) is 5.16 Å². The van der Waals surface area contributed by atoms with E-state index in [4.69, 9.17) is 4.74 Å². The smallest absolute Gasteiger partial charge is 0.209 e. The second-order valence-corrected chi connectivity index (χ2v) is 4.89. The minimum atomic E-state index is 0.268. The van der Waals surface area contributed by atoms with Crippen LogP contribution in [-0.4, -0.2) is 21.1 Å². The number of aromatic nitrogens is 3. The van der Waals surface area contributed by atoms with Gasteiger partial charge < -0.3 is 4.74 Å². The minimum Gasteiger partial charge on any atom is -0.486 e. The zero-order valence-corrected chi connectivity index (χ0v) is 12.6. The Hall–Kier alpha value is -2.60. The zero-order chi connectivity index (χ0) is 15.2. The lowest BCUT2D eigenvalue weighted by Crippen LogP contribution is -2.04. The van der Waals surface area contributed by atoms with Crippen molar-refractivity contribution in [2.75, 3.05) is 0 Å². The maximum Gasteiger partial charge on any atom is 0.209 e. The first-order chi connectivity index (χ1) is 10.8. The summed E-state index contributed by atoms with van der Waals surface area (Å²) in [7, 11) is 0. The summed E-state index contributed by atoms with van der Waals surface area (Å²) in [6.07, 6.45) is 1.73. The van der Waals surface area contributed by atoms with Gasteiger partial charge in [0, 0.05) is 0 Å². The van der Waals surface area contributed by atoms with Crippen molar-refractivity contribution in [1.82, 2.24) is 14.9 Å². The van der Waals surface area contributed by atoms with Crippen LogP contribution in [0.4, 0.5) is 0 Å². The Balaban J connectivity index is 1.75. The molecule has 110 valence electrons. The molecule has 0 saturated carbocycles. The maximum absolute atomic E-state index is 5.67. The van der Waals surface area contributed by atoms with E-state index >= 15 is 0 Å². The van der Waals surface area contributed by atoms with Crippen molar-refractivity contribution in [2.24, 2.45) is 5.10 Å². The Morgan fingerprint density at radius 1 is 1.00 bits per heavy atom. The summed E-state index contributed by atoms with van der Waals surface area (Å²) in [4.78, 5) is 0. The van der Waals surface area contributed by atoms with Crippen molar-refractivity contribution >= 4 is 18.8 Å². The maximum atomic E-state index is 5.67. The number of thiol groups is 1. The van der Waals surface area contributed by atoms with E-state index in [1.807, 2.05) is 60.7 Å². The topological polar surface area (TPSA) is 52.3 Å². The Morgan fingerprint density at radius 3 is 2.41 bits per heavy atom. The van der Waals surface area contributed by atoms with E-state index in [0.29, 0.717) is 11.0 Å². The van der Waals surface area contributed by atoms with Crippen molar-refractivity contribution in [3.05, 3.63) is 72.1 Å². The number of hydrogen-bond donors (Lipinski definition) is 1. The van der Waals surface area contributed by atoms with Crippen LogP contribution in [0.5, 0.6) is 5.75 Å². The average Bonchev–Trinajstić information content (AvgIpc) is 2.93. The van der Waals surface area contributed by atoms with Gasteiger partial charge in [-0.25, -0.2) is 0 Å². The van der Waals surface area contributed by atoms with Crippen LogP contribution in [0.2, 0.25) is 0 Å². The number of benzene rings is 2. The predicted molar refractivity (Wildman–Crippen MR) is 87.5 cm³/mol. The lowest BCUT2D eigenvalue weighted by atomic mass is 10.2. The van der Waals surface area contributed by atoms with Gasteiger partial charge in [0.25, 0.3) is 0 Å². The molecule has 0 aliphatic carbocycles. The number of nitrogens with zero attached hydrogens (tertiary/aromatic N) is 4. The summed E-state index contributed by atoms with van der Waals surface area (Å²) in [5, 5.41) is 12.7. The molecule has 0 spiro atoms. The largest absolute Gasteiger partial charge is 0.486 e. The van der Waals surface area contributed by atoms with E-state index < -0.39 is 0 Å². The lowest BCUT2D eigenvalue weighted by Gasteiger charge is -2.05. The normalized spacial score (nSPS) is 11.0. The highest BCUT2D eigenvalue weighted by atomic mass is 32.1. The molecule has 3 rings (SSSR count). The third-order valence-corrected chi connectivity index (χ3v) is 3.20. The molecular weight excluding hydrogens is 296 g/mol. The first-order valence-electron chi connectivity index (χ1n) is 6.73. The van der Waals surface area contributed by atoms with Gasteiger partial charge in [-0.15, -0.1) is 22.8 Å². The van der Waals surface area contributed by atoms with Crippen LogP contribution in [-0.2, 0) is 6.61 Å². The second-order valence-electron chi connectivity index (χ2n) is 4.49. The number of ether oxygens (including phenoxy) is 1. The van der Waals surface area contributed by atoms with Crippen LogP contribution < -0.4 is 4.74 Å². The van der Waals surface area contributed by atoms with Crippen LogP contribution in [0.25, 0.3) is 0 Å². The molecule has 1 aromatic heterocycles. The van der Waals surface area contributed by atoms with Gasteiger partial charge in [-0.2, -0.15) is 9.78 Å². The van der Waals surface area contributed by atoms with E-state index in [9.17, 15) is 0 Å². The molecule has 0 unspecified atom stereocenters. The fourth-order valence-corrected chi connectivity index (χ4v) is 2.05. The van der Waals surface area contributed by atoms with Crippen LogP contribution in [0.3, 0.4) is 0 Å². The third kappa shape index (κ3) is 3.53. The van der Waals surface area contributed by atoms with Crippen molar-refractivity contribution in [3.8, 4) is 5.75 Å². The van der Waals surface area contributed by atoms with Gasteiger partial charge in [0.05, 0.1) is 6.21 Å². The zero-order valence-electron chi connectivity index (χ0n) is 11.7. The molecule has 0 bridgehead atoms. The number of para-hydroxylation sites is 1. The van der Waals surface area contributed by atoms with Gasteiger partial charge in [-0.1, -0.05) is 48.5 Å². The quantitative estimate of drug-likeness (QED) is 0.582. The van der Waals surface area contributed by atoms with Crippen LogP contribution in [0.1, 0.15) is 11.4 Å². The first-order valence-corrected chi connectivity index (χ1v) is 7.18. The molecule has 1 heterocycles. The van der Waals surface area contributed by atoms with Gasteiger partial charge >= 0.3 is 0 Å². The molecule has 0 aliphatic rings. The Labute approximate surface area is 133 Å². The summed E-state index contributed by atoms with van der Waals surface area (Å²) in [6.45, 7) is 0.268. The van der Waals surface area contributed by atoms with E-state index in [-0.39, 0.29) is 6.61 Å². The van der Waals surface area contributed by atoms with Gasteiger partial charge in [0.1, 0.15) is 12.4 Å². The molecular formula is C16H14N4OS. The Kier molecular flexibility index (Phi) is 4.50. The molecule has 22 heavy (non-hydrogen) atoms. The van der Waals surface area contributed by atoms with Crippen molar-refractivity contribution in [3.63, 3.8) is 0 Å². The van der Waals surface area contributed by atoms with Crippen LogP contribution in [0, 0.1) is 0 Å². The highest BCUT2D eigenvalue weighted by molar-refractivity contribution is 7.80. The summed E-state index contributed by atoms with van der Waals surface area (Å²) in [5.74, 6) is 1.35. The first kappa shape index (κ1) is 14.3. The summed E-state index contributed by atoms with van der Waals surface area (Å²) < 4.78 is 7.22. The summed E-state index contributed by atoms with van der Waals surface area (Å²) in [6, 6.07) is 19.3. The molecule has 0 saturated heterocycles. The molecule has 0 atom stereocenters. The number of rotatable bonds is 5. The minimum absolute atomic E-state index is 0.268. The van der Waals surface area contributed by atoms with Gasteiger partial charge in [-0.05, 0) is 17.7 Å². The highest BCUT2D eigenvalue weighted by Gasteiger charge is 2.09. The predicted octanol–water partition coefficient (Wildman–Crippen LogP) is 3.03. The average molecular weight is 310 g/mol. The molecule has 0 N–H and O–H groups in total. The lowest BCUT2D eigenvalue weighted by molar-refractivity contribution is 0.290. The molecule has 0 radical (unpaired) electrons. The summed E-state index contributed by atoms with van der Waals surface area (Å²) in [5.41, 5.74) is 0.985. The van der Waals surface area contributed by atoms with Crippen molar-refractivity contribution in [1.29, 1.82) is 0 Å².